The fourth-order valence-corrected chi connectivity index (χ4v) is 4.48. The Hall–Kier alpha value is -3.56. The van der Waals surface area contributed by atoms with Gasteiger partial charge in [-0.1, -0.05) is 30.3 Å². The van der Waals surface area contributed by atoms with E-state index in [0.717, 1.165) is 37.2 Å². The van der Waals surface area contributed by atoms with E-state index in [9.17, 15) is 4.79 Å². The SMILES string of the molecule is O=C(Nc1ccncc1)C1CCN(Cn2nc(-c3ccco3)n(Cc3ccccc3)c2=S)CC1. The Morgan fingerprint density at radius 3 is 2.53 bits per heavy atom. The number of furan rings is 1. The first-order valence-corrected chi connectivity index (χ1v) is 11.8. The topological polar surface area (TPSA) is 81.1 Å². The smallest absolute Gasteiger partial charge is 0.227 e. The average molecular weight is 475 g/mol. The molecule has 1 fully saturated rings. The zero-order chi connectivity index (χ0) is 23.3. The van der Waals surface area contributed by atoms with Crippen molar-refractivity contribution in [3.63, 3.8) is 0 Å². The van der Waals surface area contributed by atoms with Crippen LogP contribution in [0, 0.1) is 10.7 Å². The molecule has 5 rings (SSSR count). The normalized spacial score (nSPS) is 14.8. The molecule has 0 aliphatic carbocycles. The molecule has 0 spiro atoms. The van der Waals surface area contributed by atoms with Crippen molar-refractivity contribution in [3.05, 3.63) is 83.6 Å². The molecule has 174 valence electrons. The van der Waals surface area contributed by atoms with E-state index in [2.05, 4.69) is 27.3 Å². The van der Waals surface area contributed by atoms with Crippen molar-refractivity contribution < 1.29 is 9.21 Å². The second kappa shape index (κ2) is 10.1. The van der Waals surface area contributed by atoms with E-state index in [0.29, 0.717) is 29.6 Å². The molecule has 0 radical (unpaired) electrons. The molecule has 4 aromatic rings. The highest BCUT2D eigenvalue weighted by Gasteiger charge is 2.26. The summed E-state index contributed by atoms with van der Waals surface area (Å²) in [6, 6.07) is 17.5. The van der Waals surface area contributed by atoms with Gasteiger partial charge in [0.1, 0.15) is 0 Å². The van der Waals surface area contributed by atoms with Crippen LogP contribution in [0.3, 0.4) is 0 Å². The summed E-state index contributed by atoms with van der Waals surface area (Å²) in [6.07, 6.45) is 6.58. The molecule has 1 saturated heterocycles. The minimum absolute atomic E-state index is 0.00768. The van der Waals surface area contributed by atoms with Gasteiger partial charge in [0.2, 0.25) is 5.91 Å². The maximum absolute atomic E-state index is 12.6. The molecule has 4 heterocycles. The Labute approximate surface area is 202 Å². The van der Waals surface area contributed by atoms with Crippen molar-refractivity contribution in [2.45, 2.75) is 26.1 Å². The van der Waals surface area contributed by atoms with Gasteiger partial charge in [0.15, 0.2) is 16.4 Å². The Bertz CT molecular complexity index is 1280. The van der Waals surface area contributed by atoms with E-state index in [-0.39, 0.29) is 11.8 Å². The summed E-state index contributed by atoms with van der Waals surface area (Å²) in [7, 11) is 0. The van der Waals surface area contributed by atoms with Crippen LogP contribution in [-0.2, 0) is 18.0 Å². The molecule has 1 aromatic carbocycles. The van der Waals surface area contributed by atoms with Gasteiger partial charge in [-0.25, -0.2) is 4.68 Å². The first-order chi connectivity index (χ1) is 16.7. The van der Waals surface area contributed by atoms with Crippen LogP contribution in [-0.4, -0.2) is 43.2 Å². The second-order valence-corrected chi connectivity index (χ2v) is 8.78. The van der Waals surface area contributed by atoms with Gasteiger partial charge in [-0.3, -0.25) is 19.2 Å². The molecular weight excluding hydrogens is 448 g/mol. The lowest BCUT2D eigenvalue weighted by Gasteiger charge is -2.30. The molecule has 1 N–H and O–H groups in total. The van der Waals surface area contributed by atoms with Crippen LogP contribution in [0.1, 0.15) is 18.4 Å². The van der Waals surface area contributed by atoms with Crippen molar-refractivity contribution in [3.8, 4) is 11.6 Å². The molecule has 0 atom stereocenters. The van der Waals surface area contributed by atoms with Crippen LogP contribution in [0.15, 0.2) is 77.7 Å². The largest absolute Gasteiger partial charge is 0.461 e. The van der Waals surface area contributed by atoms with E-state index >= 15 is 0 Å². The molecule has 0 bridgehead atoms. The molecule has 34 heavy (non-hydrogen) atoms. The quantitative estimate of drug-likeness (QED) is 0.399. The van der Waals surface area contributed by atoms with E-state index < -0.39 is 0 Å². The van der Waals surface area contributed by atoms with Gasteiger partial charge in [0.25, 0.3) is 0 Å². The number of rotatable bonds is 7. The fraction of sp³-hybridized carbons (Fsp3) is 0.280. The number of anilines is 1. The maximum atomic E-state index is 12.6. The molecule has 1 amide bonds. The monoisotopic (exact) mass is 474 g/mol. The lowest BCUT2D eigenvalue weighted by molar-refractivity contribution is -0.121. The van der Waals surface area contributed by atoms with Crippen LogP contribution in [0.2, 0.25) is 0 Å². The second-order valence-electron chi connectivity index (χ2n) is 8.41. The first-order valence-electron chi connectivity index (χ1n) is 11.4. The van der Waals surface area contributed by atoms with Crippen molar-refractivity contribution in [2.24, 2.45) is 5.92 Å². The van der Waals surface area contributed by atoms with Crippen LogP contribution in [0.5, 0.6) is 0 Å². The van der Waals surface area contributed by atoms with Crippen molar-refractivity contribution in [2.75, 3.05) is 18.4 Å². The third kappa shape index (κ3) is 5.00. The summed E-state index contributed by atoms with van der Waals surface area (Å²) in [5.74, 6) is 1.46. The summed E-state index contributed by atoms with van der Waals surface area (Å²) in [4.78, 5) is 18.9. The van der Waals surface area contributed by atoms with E-state index in [1.165, 1.54) is 0 Å². The van der Waals surface area contributed by atoms with Crippen LogP contribution in [0.25, 0.3) is 11.6 Å². The van der Waals surface area contributed by atoms with E-state index in [1.54, 1.807) is 30.8 Å². The number of hydrogen-bond donors (Lipinski definition) is 1. The number of nitrogens with zero attached hydrogens (tertiary/aromatic N) is 5. The number of pyridine rings is 1. The lowest BCUT2D eigenvalue weighted by atomic mass is 9.96. The minimum Gasteiger partial charge on any atom is -0.461 e. The molecule has 9 heteroatoms. The Balaban J connectivity index is 1.27. The van der Waals surface area contributed by atoms with Crippen molar-refractivity contribution >= 4 is 23.8 Å². The maximum Gasteiger partial charge on any atom is 0.227 e. The van der Waals surface area contributed by atoms with E-state index in [4.69, 9.17) is 21.7 Å². The highest BCUT2D eigenvalue weighted by atomic mass is 32.1. The van der Waals surface area contributed by atoms with Crippen LogP contribution in [0.4, 0.5) is 5.69 Å². The van der Waals surface area contributed by atoms with Crippen LogP contribution < -0.4 is 5.32 Å². The Morgan fingerprint density at radius 1 is 1.06 bits per heavy atom. The van der Waals surface area contributed by atoms with Gasteiger partial charge >= 0.3 is 0 Å². The standard InChI is InChI=1S/C25H26N6O2S/c32-24(27-21-8-12-26-13-9-21)20-10-14-29(15-11-20)18-31-25(34)30(17-19-5-2-1-3-6-19)23(28-31)22-7-4-16-33-22/h1-9,12-13,16,20H,10-11,14-15,17-18H2,(H,26,27,32). The zero-order valence-electron chi connectivity index (χ0n) is 18.7. The van der Waals surface area contributed by atoms with Crippen molar-refractivity contribution in [1.82, 2.24) is 24.2 Å². The summed E-state index contributed by atoms with van der Waals surface area (Å²) in [6.45, 7) is 2.80. The number of carbonyl (C=O) groups is 1. The van der Waals surface area contributed by atoms with Gasteiger partial charge in [0.05, 0.1) is 19.5 Å². The molecule has 3 aromatic heterocycles. The zero-order valence-corrected chi connectivity index (χ0v) is 19.5. The van der Waals surface area contributed by atoms with Gasteiger partial charge in [-0.05, 0) is 54.9 Å². The fourth-order valence-electron chi connectivity index (χ4n) is 4.24. The van der Waals surface area contributed by atoms with Gasteiger partial charge in [-0.15, -0.1) is 5.10 Å². The summed E-state index contributed by atoms with van der Waals surface area (Å²) in [5, 5.41) is 7.80. The number of likely N-dealkylation sites (tertiary alicyclic amines) is 1. The van der Waals surface area contributed by atoms with E-state index in [1.807, 2.05) is 39.6 Å². The van der Waals surface area contributed by atoms with Crippen molar-refractivity contribution in [1.29, 1.82) is 0 Å². The van der Waals surface area contributed by atoms with Gasteiger partial charge in [0, 0.05) is 37.1 Å². The number of hydrogen-bond acceptors (Lipinski definition) is 6. The predicted octanol–water partition coefficient (Wildman–Crippen LogP) is 4.43. The number of piperidine rings is 1. The summed E-state index contributed by atoms with van der Waals surface area (Å²) >= 11 is 5.82. The molecule has 0 saturated carbocycles. The molecule has 1 aliphatic heterocycles. The van der Waals surface area contributed by atoms with Gasteiger partial charge < -0.3 is 9.73 Å². The molecule has 1 aliphatic rings. The minimum atomic E-state index is -0.00768. The number of aromatic nitrogens is 4. The Kier molecular flexibility index (Phi) is 6.64. The number of carbonyl (C=O) groups excluding carboxylic acids is 1. The molecule has 8 nitrogen and oxygen atoms in total. The number of benzene rings is 1. The summed E-state index contributed by atoms with van der Waals surface area (Å²) in [5.41, 5.74) is 1.93. The molecule has 0 unspecified atom stereocenters. The van der Waals surface area contributed by atoms with Gasteiger partial charge in [-0.2, -0.15) is 0 Å². The van der Waals surface area contributed by atoms with Crippen LogP contribution >= 0.6 is 12.2 Å². The third-order valence-electron chi connectivity index (χ3n) is 6.09. The predicted molar refractivity (Wildman–Crippen MR) is 131 cm³/mol. The highest BCUT2D eigenvalue weighted by molar-refractivity contribution is 7.71. The summed E-state index contributed by atoms with van der Waals surface area (Å²) < 4.78 is 10.2. The number of amides is 1. The average Bonchev–Trinajstić information content (AvgIpc) is 3.50. The lowest BCUT2D eigenvalue weighted by Crippen LogP contribution is -2.39. The third-order valence-corrected chi connectivity index (χ3v) is 6.52. The Morgan fingerprint density at radius 2 is 1.82 bits per heavy atom. The molecular formula is C25H26N6O2S. The first kappa shape index (κ1) is 22.2. The number of nitrogens with one attached hydrogen (secondary N) is 1. The highest BCUT2D eigenvalue weighted by Crippen LogP contribution is 2.23.